The fourth-order valence-electron chi connectivity index (χ4n) is 3.97. The van der Waals surface area contributed by atoms with Gasteiger partial charge in [0.2, 0.25) is 5.95 Å². The zero-order chi connectivity index (χ0) is 28.5. The van der Waals surface area contributed by atoms with Gasteiger partial charge in [0, 0.05) is 0 Å². The van der Waals surface area contributed by atoms with Crippen molar-refractivity contribution >= 4 is 42.4 Å². The lowest BCUT2D eigenvalue weighted by Gasteiger charge is -2.26. The lowest BCUT2D eigenvalue weighted by molar-refractivity contribution is -0.149. The molecule has 1 aliphatic rings. The number of nitrogen functional groups attached to an aromatic ring is 1. The van der Waals surface area contributed by atoms with Gasteiger partial charge in [0.1, 0.15) is 28.9 Å². The third-order valence-corrected chi connectivity index (χ3v) is 7.91. The van der Waals surface area contributed by atoms with E-state index in [4.69, 9.17) is 35.9 Å². The maximum Gasteiger partial charge on any atom is 0.459 e. The van der Waals surface area contributed by atoms with Crippen molar-refractivity contribution in [3.05, 3.63) is 47.0 Å². The number of carbonyl (C=O) groups is 1. The van der Waals surface area contributed by atoms with E-state index in [1.54, 1.807) is 44.2 Å². The number of nitrogens with one attached hydrogen (secondary N) is 2. The number of nitrogens with zero attached hydrogens (tertiary/aromatic N) is 3. The van der Waals surface area contributed by atoms with E-state index >= 15 is 0 Å². The molecule has 0 spiro atoms. The van der Waals surface area contributed by atoms with Crippen molar-refractivity contribution in [3.63, 3.8) is 0 Å². The number of esters is 1. The Hall–Kier alpha value is -3.00. The van der Waals surface area contributed by atoms with Gasteiger partial charge in [-0.25, -0.2) is 9.55 Å². The van der Waals surface area contributed by atoms with Crippen LogP contribution in [-0.4, -0.2) is 66.4 Å². The standard InChI is InChI=1S/C23H30ClN6O8P/c1-12(2)36-20(33)13(3)29-39(34,38-14-8-6-5-7-9-14)35-10-15-17(31)23(4,24)21(37-15)30-11-26-16-18(30)27-22(25)28-19(16)32/h5-9,11-13,15,17,21,31H,10H2,1-4H3,(H,29,34)(H3,25,27,28,32)/t13?,15-,17-,21-,23-,39?/m1/s1. The molecule has 39 heavy (non-hydrogen) atoms. The summed E-state index contributed by atoms with van der Waals surface area (Å²) in [5.41, 5.74) is 5.23. The third kappa shape index (κ3) is 6.26. The number of aromatic nitrogens is 4. The zero-order valence-electron chi connectivity index (χ0n) is 21.6. The number of ether oxygens (including phenoxy) is 2. The molecule has 0 aliphatic carbocycles. The number of benzene rings is 1. The normalized spacial score (nSPS) is 25.5. The van der Waals surface area contributed by atoms with Crippen LogP contribution in [0.3, 0.4) is 0 Å². The number of anilines is 1. The molecule has 0 saturated carbocycles. The Morgan fingerprint density at radius 1 is 1.36 bits per heavy atom. The molecule has 2 unspecified atom stereocenters. The number of H-pyrrole nitrogens is 1. The maximum absolute atomic E-state index is 13.8. The van der Waals surface area contributed by atoms with Crippen LogP contribution in [0, 0.1) is 0 Å². The van der Waals surface area contributed by atoms with Gasteiger partial charge in [0.25, 0.3) is 5.56 Å². The van der Waals surface area contributed by atoms with Crippen molar-refractivity contribution in [1.29, 1.82) is 0 Å². The first-order chi connectivity index (χ1) is 18.3. The summed E-state index contributed by atoms with van der Waals surface area (Å²) in [6.45, 7) is 5.89. The number of carbonyl (C=O) groups excluding carboxylic acids is 1. The molecule has 16 heteroatoms. The molecule has 1 aliphatic heterocycles. The van der Waals surface area contributed by atoms with E-state index in [-0.39, 0.29) is 22.9 Å². The van der Waals surface area contributed by atoms with Gasteiger partial charge in [-0.1, -0.05) is 18.2 Å². The maximum atomic E-state index is 13.8. The number of aliphatic hydroxyl groups is 1. The fourth-order valence-corrected chi connectivity index (χ4v) is 5.77. The van der Waals surface area contributed by atoms with Gasteiger partial charge in [0.05, 0.1) is 19.0 Å². The van der Waals surface area contributed by atoms with E-state index in [0.717, 1.165) is 0 Å². The predicted molar refractivity (Wildman–Crippen MR) is 141 cm³/mol. The number of nitrogens with two attached hydrogens (primary N) is 1. The molecule has 1 aromatic carbocycles. The van der Waals surface area contributed by atoms with Gasteiger partial charge in [-0.15, -0.1) is 11.6 Å². The molecule has 1 saturated heterocycles. The summed E-state index contributed by atoms with van der Waals surface area (Å²) in [6, 6.07) is 7.15. The second-order valence-corrected chi connectivity index (χ2v) is 11.9. The van der Waals surface area contributed by atoms with Gasteiger partial charge in [-0.05, 0) is 39.8 Å². The molecule has 6 atom stereocenters. The molecule has 212 valence electrons. The average Bonchev–Trinajstić information content (AvgIpc) is 3.36. The van der Waals surface area contributed by atoms with Gasteiger partial charge < -0.3 is 24.8 Å². The Kier molecular flexibility index (Phi) is 8.36. The molecule has 3 aromatic rings. The zero-order valence-corrected chi connectivity index (χ0v) is 23.3. The molecule has 0 amide bonds. The highest BCUT2D eigenvalue weighted by molar-refractivity contribution is 7.52. The monoisotopic (exact) mass is 584 g/mol. The number of imidazole rings is 1. The number of aliphatic hydroxyl groups excluding tert-OH is 1. The van der Waals surface area contributed by atoms with Crippen LogP contribution < -0.4 is 20.9 Å². The molecule has 2 aromatic heterocycles. The summed E-state index contributed by atoms with van der Waals surface area (Å²) in [7, 11) is -4.23. The molecule has 5 N–H and O–H groups in total. The third-order valence-electron chi connectivity index (χ3n) is 5.86. The number of fused-ring (bicyclic) bond motifs is 1. The van der Waals surface area contributed by atoms with Gasteiger partial charge in [0.15, 0.2) is 17.4 Å². The fraction of sp³-hybridized carbons (Fsp3) is 0.478. The highest BCUT2D eigenvalue weighted by Gasteiger charge is 2.54. The molecule has 1 fully saturated rings. The largest absolute Gasteiger partial charge is 0.462 e. The quantitative estimate of drug-likeness (QED) is 0.154. The summed E-state index contributed by atoms with van der Waals surface area (Å²) < 4.78 is 37.6. The van der Waals surface area contributed by atoms with Crippen LogP contribution in [0.15, 0.2) is 41.5 Å². The van der Waals surface area contributed by atoms with Crippen LogP contribution >= 0.6 is 19.3 Å². The second kappa shape index (κ2) is 11.2. The van der Waals surface area contributed by atoms with Crippen molar-refractivity contribution in [2.24, 2.45) is 0 Å². The van der Waals surface area contributed by atoms with E-state index in [1.807, 2.05) is 0 Å². The first-order valence-electron chi connectivity index (χ1n) is 12.0. The van der Waals surface area contributed by atoms with Crippen LogP contribution in [0.4, 0.5) is 5.95 Å². The number of para-hydroxylation sites is 1. The van der Waals surface area contributed by atoms with E-state index in [0.29, 0.717) is 0 Å². The van der Waals surface area contributed by atoms with Gasteiger partial charge in [-0.3, -0.25) is 23.7 Å². The highest BCUT2D eigenvalue weighted by atomic mass is 35.5. The average molecular weight is 585 g/mol. The predicted octanol–water partition coefficient (Wildman–Crippen LogP) is 2.09. The molecular weight excluding hydrogens is 555 g/mol. The minimum Gasteiger partial charge on any atom is -0.462 e. The lowest BCUT2D eigenvalue weighted by atomic mass is 10.0. The molecule has 3 heterocycles. The second-order valence-electron chi connectivity index (χ2n) is 9.43. The Labute approximate surface area is 228 Å². The van der Waals surface area contributed by atoms with Crippen LogP contribution in [0.25, 0.3) is 11.2 Å². The first-order valence-corrected chi connectivity index (χ1v) is 13.9. The Morgan fingerprint density at radius 3 is 2.72 bits per heavy atom. The van der Waals surface area contributed by atoms with Gasteiger partial charge in [-0.2, -0.15) is 10.1 Å². The lowest BCUT2D eigenvalue weighted by Crippen LogP contribution is -2.40. The van der Waals surface area contributed by atoms with E-state index < -0.39 is 61.3 Å². The molecule has 14 nitrogen and oxygen atoms in total. The summed E-state index contributed by atoms with van der Waals surface area (Å²) in [6.07, 6.45) is -2.61. The summed E-state index contributed by atoms with van der Waals surface area (Å²) >= 11 is 6.70. The van der Waals surface area contributed by atoms with E-state index in [9.17, 15) is 19.3 Å². The van der Waals surface area contributed by atoms with Crippen LogP contribution in [0.1, 0.15) is 33.9 Å². The van der Waals surface area contributed by atoms with Crippen molar-refractivity contribution in [2.45, 2.75) is 63.2 Å². The van der Waals surface area contributed by atoms with E-state index in [1.165, 1.54) is 24.7 Å². The number of aromatic amines is 1. The molecule has 4 rings (SSSR count). The first kappa shape index (κ1) is 29.0. The van der Waals surface area contributed by atoms with Crippen LogP contribution in [0.2, 0.25) is 0 Å². The SMILES string of the molecule is CC(C)OC(=O)C(C)NP(=O)(OC[C@H]1O[C@@H](n2cnc3c(=O)[nH]c(N)nc32)[C@](C)(Cl)[C@@H]1O)Oc1ccccc1. The van der Waals surface area contributed by atoms with Gasteiger partial charge >= 0.3 is 13.7 Å². The van der Waals surface area contributed by atoms with Crippen molar-refractivity contribution < 1.29 is 33.0 Å². The summed E-state index contributed by atoms with van der Waals surface area (Å²) in [4.78, 5) is 33.6. The minimum atomic E-state index is -4.23. The highest BCUT2D eigenvalue weighted by Crippen LogP contribution is 2.48. The number of halogens is 1. The molecule has 0 radical (unpaired) electrons. The molecule has 0 bridgehead atoms. The number of hydrogen-bond donors (Lipinski definition) is 4. The number of hydrogen-bond acceptors (Lipinski definition) is 11. The molecular formula is C23H30ClN6O8P. The summed E-state index contributed by atoms with van der Waals surface area (Å²) in [5.74, 6) is -0.589. The van der Waals surface area contributed by atoms with Crippen molar-refractivity contribution in [2.75, 3.05) is 12.3 Å². The smallest absolute Gasteiger partial charge is 0.459 e. The number of rotatable bonds is 10. The van der Waals surface area contributed by atoms with Crippen molar-refractivity contribution in [3.8, 4) is 5.75 Å². The summed E-state index contributed by atoms with van der Waals surface area (Å²) in [5, 5.41) is 13.6. The Morgan fingerprint density at radius 2 is 2.05 bits per heavy atom. The van der Waals surface area contributed by atoms with Crippen molar-refractivity contribution in [1.82, 2.24) is 24.6 Å². The number of alkyl halides is 1. The Balaban J connectivity index is 1.56. The Bertz CT molecular complexity index is 1430. The van der Waals surface area contributed by atoms with Crippen LogP contribution in [0.5, 0.6) is 5.75 Å². The van der Waals surface area contributed by atoms with Crippen LogP contribution in [-0.2, 0) is 23.4 Å². The van der Waals surface area contributed by atoms with E-state index in [2.05, 4.69) is 20.0 Å². The minimum absolute atomic E-state index is 0.00156. The topological polar surface area (TPSA) is 193 Å².